The number of ether oxygens (including phenoxy) is 1. The maximum Gasteiger partial charge on any atom is 0.312 e. The Labute approximate surface area is 147 Å². The molecule has 3 aromatic rings. The lowest BCUT2D eigenvalue weighted by Gasteiger charge is -2.10. The number of nitrogens with zero attached hydrogens (tertiary/aromatic N) is 4. The molecule has 8 heteroatoms. The molecule has 0 unspecified atom stereocenters. The van der Waals surface area contributed by atoms with E-state index in [1.165, 1.54) is 11.3 Å². The molecule has 7 nitrogen and oxygen atoms in total. The first-order chi connectivity index (χ1) is 12.2. The van der Waals surface area contributed by atoms with Gasteiger partial charge in [-0.25, -0.2) is 9.97 Å². The van der Waals surface area contributed by atoms with Gasteiger partial charge in [0.25, 0.3) is 0 Å². The minimum absolute atomic E-state index is 0.0892. The van der Waals surface area contributed by atoms with Crippen LogP contribution in [0.2, 0.25) is 0 Å². The van der Waals surface area contributed by atoms with E-state index in [0.29, 0.717) is 29.5 Å². The first-order valence-electron chi connectivity index (χ1n) is 8.02. The molecule has 0 saturated carbocycles. The van der Waals surface area contributed by atoms with Crippen LogP contribution in [0.15, 0.2) is 36.0 Å². The number of hydrogen-bond donors (Lipinski definition) is 0. The maximum atomic E-state index is 12.0. The summed E-state index contributed by atoms with van der Waals surface area (Å²) in [7, 11) is 0. The fourth-order valence-corrected chi connectivity index (χ4v) is 3.63. The Morgan fingerprint density at radius 2 is 2.20 bits per heavy atom. The number of aromatic nitrogens is 3. The number of rotatable bonds is 5. The molecule has 0 aliphatic carbocycles. The molecule has 128 valence electrons. The van der Waals surface area contributed by atoms with Crippen molar-refractivity contribution in [1.29, 1.82) is 0 Å². The number of fused-ring (bicyclic) bond motifs is 1. The maximum absolute atomic E-state index is 12.0. The molecule has 1 amide bonds. The quantitative estimate of drug-likeness (QED) is 0.655. The molecular formula is C17H16N4O3S. The summed E-state index contributed by atoms with van der Waals surface area (Å²) >= 11 is 1.38. The fourth-order valence-electron chi connectivity index (χ4n) is 2.76. The summed E-state index contributed by atoms with van der Waals surface area (Å²) in [6.07, 6.45) is 5.24. The van der Waals surface area contributed by atoms with Crippen molar-refractivity contribution < 1.29 is 14.3 Å². The summed E-state index contributed by atoms with van der Waals surface area (Å²) in [5.41, 5.74) is 2.13. The molecule has 0 spiro atoms. The average Bonchev–Trinajstić information content (AvgIpc) is 3.31. The predicted octanol–water partition coefficient (Wildman–Crippen LogP) is 2.20. The van der Waals surface area contributed by atoms with E-state index < -0.39 is 0 Å². The summed E-state index contributed by atoms with van der Waals surface area (Å²) in [6, 6.07) is 5.71. The molecule has 1 fully saturated rings. The Hall–Kier alpha value is -2.74. The average molecular weight is 356 g/mol. The van der Waals surface area contributed by atoms with Gasteiger partial charge in [0.2, 0.25) is 5.91 Å². The van der Waals surface area contributed by atoms with Crippen molar-refractivity contribution >= 4 is 34.0 Å². The lowest BCUT2D eigenvalue weighted by atomic mass is 10.3. The summed E-state index contributed by atoms with van der Waals surface area (Å²) < 4.78 is 7.16. The Kier molecular flexibility index (Phi) is 4.19. The smallest absolute Gasteiger partial charge is 0.312 e. The van der Waals surface area contributed by atoms with Gasteiger partial charge < -0.3 is 9.14 Å². The van der Waals surface area contributed by atoms with Crippen LogP contribution in [0.25, 0.3) is 5.65 Å². The van der Waals surface area contributed by atoms with Gasteiger partial charge in [0.05, 0.1) is 17.8 Å². The first-order valence-corrected chi connectivity index (χ1v) is 8.90. The van der Waals surface area contributed by atoms with Crippen LogP contribution in [0.3, 0.4) is 0 Å². The Bertz CT molecular complexity index is 900. The highest BCUT2D eigenvalue weighted by molar-refractivity contribution is 7.14. The zero-order valence-corrected chi connectivity index (χ0v) is 14.2. The van der Waals surface area contributed by atoms with Crippen LogP contribution in [0, 0.1) is 0 Å². The summed E-state index contributed by atoms with van der Waals surface area (Å²) in [5.74, 6) is -0.267. The van der Waals surface area contributed by atoms with E-state index in [-0.39, 0.29) is 24.9 Å². The second kappa shape index (κ2) is 6.64. The first kappa shape index (κ1) is 15.8. The van der Waals surface area contributed by atoms with E-state index in [1.54, 1.807) is 10.3 Å². The van der Waals surface area contributed by atoms with Crippen molar-refractivity contribution in [3.8, 4) is 0 Å². The minimum atomic E-state index is -0.360. The molecule has 1 aliphatic rings. The van der Waals surface area contributed by atoms with Crippen molar-refractivity contribution in [2.75, 3.05) is 11.4 Å². The van der Waals surface area contributed by atoms with E-state index >= 15 is 0 Å². The van der Waals surface area contributed by atoms with Crippen LogP contribution in [0.4, 0.5) is 5.13 Å². The van der Waals surface area contributed by atoms with E-state index in [1.807, 2.05) is 35.0 Å². The number of carbonyl (C=O) groups is 2. The third-order valence-electron chi connectivity index (χ3n) is 3.96. The van der Waals surface area contributed by atoms with E-state index in [9.17, 15) is 9.59 Å². The second-order valence-corrected chi connectivity index (χ2v) is 6.64. The van der Waals surface area contributed by atoms with Crippen LogP contribution >= 0.6 is 11.3 Å². The number of amides is 1. The predicted molar refractivity (Wildman–Crippen MR) is 92.4 cm³/mol. The van der Waals surface area contributed by atoms with E-state index in [4.69, 9.17) is 4.74 Å². The molecular weight excluding hydrogens is 340 g/mol. The number of anilines is 1. The van der Waals surface area contributed by atoms with Crippen LogP contribution in [-0.4, -0.2) is 32.8 Å². The number of imidazole rings is 1. The number of esters is 1. The van der Waals surface area contributed by atoms with Crippen molar-refractivity contribution in [3.63, 3.8) is 0 Å². The van der Waals surface area contributed by atoms with E-state index in [0.717, 1.165) is 12.1 Å². The van der Waals surface area contributed by atoms with Crippen LogP contribution in [-0.2, 0) is 27.4 Å². The highest BCUT2D eigenvalue weighted by Crippen LogP contribution is 2.25. The third kappa shape index (κ3) is 3.39. The van der Waals surface area contributed by atoms with E-state index in [2.05, 4.69) is 9.97 Å². The van der Waals surface area contributed by atoms with Gasteiger partial charge in [0.15, 0.2) is 5.13 Å². The molecule has 0 atom stereocenters. The molecule has 3 aromatic heterocycles. The topological polar surface area (TPSA) is 76.8 Å². The largest absolute Gasteiger partial charge is 0.459 e. The zero-order valence-electron chi connectivity index (χ0n) is 13.4. The van der Waals surface area contributed by atoms with Gasteiger partial charge in [0.1, 0.15) is 12.3 Å². The molecule has 0 radical (unpaired) electrons. The van der Waals surface area contributed by atoms with Crippen LogP contribution < -0.4 is 4.90 Å². The third-order valence-corrected chi connectivity index (χ3v) is 4.88. The van der Waals surface area contributed by atoms with Crippen molar-refractivity contribution in [2.45, 2.75) is 25.9 Å². The Morgan fingerprint density at radius 1 is 1.28 bits per heavy atom. The number of hydrogen-bond acceptors (Lipinski definition) is 6. The molecule has 4 heterocycles. The molecule has 0 N–H and O–H groups in total. The van der Waals surface area contributed by atoms with Crippen molar-refractivity contribution in [1.82, 2.24) is 14.4 Å². The van der Waals surface area contributed by atoms with Gasteiger partial charge in [-0.1, -0.05) is 6.07 Å². The number of pyridine rings is 1. The number of carbonyl (C=O) groups excluding carboxylic acids is 2. The zero-order chi connectivity index (χ0) is 17.2. The Balaban J connectivity index is 1.34. The fraction of sp³-hybridized carbons (Fsp3) is 0.294. The molecule has 1 aliphatic heterocycles. The summed E-state index contributed by atoms with van der Waals surface area (Å²) in [6.45, 7) is 0.826. The van der Waals surface area contributed by atoms with Crippen molar-refractivity contribution in [3.05, 3.63) is 47.4 Å². The van der Waals surface area contributed by atoms with Crippen LogP contribution in [0.1, 0.15) is 24.2 Å². The SMILES string of the molecule is O=C(Cc1csc(N2CCCC2=O)n1)OCc1cn2ccccc2n1. The molecule has 0 aromatic carbocycles. The normalized spacial score (nSPS) is 14.4. The lowest BCUT2D eigenvalue weighted by Crippen LogP contribution is -2.23. The minimum Gasteiger partial charge on any atom is -0.459 e. The second-order valence-electron chi connectivity index (χ2n) is 5.81. The van der Waals surface area contributed by atoms with Crippen LogP contribution in [0.5, 0.6) is 0 Å². The summed E-state index contributed by atoms with van der Waals surface area (Å²) in [5, 5.41) is 2.46. The van der Waals surface area contributed by atoms with Gasteiger partial charge in [0, 0.05) is 30.7 Å². The van der Waals surface area contributed by atoms with Crippen molar-refractivity contribution in [2.24, 2.45) is 0 Å². The standard InChI is InChI=1S/C17H16N4O3S/c22-15-5-3-7-21(15)17-19-12(11-25-17)8-16(23)24-10-13-9-20-6-2-1-4-14(20)18-13/h1-2,4,6,9,11H,3,5,7-8,10H2. The molecule has 25 heavy (non-hydrogen) atoms. The van der Waals surface area contributed by atoms with Gasteiger partial charge in [-0.15, -0.1) is 11.3 Å². The van der Waals surface area contributed by atoms with Gasteiger partial charge in [-0.2, -0.15) is 0 Å². The van der Waals surface area contributed by atoms with Gasteiger partial charge in [-0.3, -0.25) is 14.5 Å². The molecule has 0 bridgehead atoms. The number of thiazole rings is 1. The molecule has 4 rings (SSSR count). The highest BCUT2D eigenvalue weighted by Gasteiger charge is 2.24. The lowest BCUT2D eigenvalue weighted by molar-refractivity contribution is -0.144. The van der Waals surface area contributed by atoms with Gasteiger partial charge >= 0.3 is 5.97 Å². The monoisotopic (exact) mass is 356 g/mol. The Morgan fingerprint density at radius 3 is 3.00 bits per heavy atom. The highest BCUT2D eigenvalue weighted by atomic mass is 32.1. The summed E-state index contributed by atoms with van der Waals surface area (Å²) in [4.78, 5) is 34.2. The molecule has 1 saturated heterocycles. The van der Waals surface area contributed by atoms with Gasteiger partial charge in [-0.05, 0) is 18.6 Å².